The van der Waals surface area contributed by atoms with Crippen molar-refractivity contribution < 1.29 is 18.9 Å². The van der Waals surface area contributed by atoms with Crippen molar-refractivity contribution in [3.8, 4) is 29.0 Å². The first-order valence-corrected chi connectivity index (χ1v) is 9.30. The van der Waals surface area contributed by atoms with Crippen LogP contribution in [0, 0.1) is 11.8 Å². The molecular weight excluding hydrogens is 360 g/mol. The molecular formula is C21H22N2O5. The third-order valence-electron chi connectivity index (χ3n) is 4.72. The largest absolute Gasteiger partial charge is 0.475 e. The number of methoxy groups -OCH3 is 1. The minimum atomic E-state index is -0.303. The molecule has 0 bridgehead atoms. The van der Waals surface area contributed by atoms with Crippen LogP contribution in [-0.4, -0.2) is 55.8 Å². The molecule has 0 saturated carbocycles. The summed E-state index contributed by atoms with van der Waals surface area (Å²) in [4.78, 5) is 16.5. The third-order valence-corrected chi connectivity index (χ3v) is 4.72. The fourth-order valence-corrected chi connectivity index (χ4v) is 3.38. The van der Waals surface area contributed by atoms with Crippen LogP contribution in [0.4, 0.5) is 0 Å². The van der Waals surface area contributed by atoms with Gasteiger partial charge in [-0.15, -0.1) is 0 Å². The molecule has 0 N–H and O–H groups in total. The maximum absolute atomic E-state index is 12.5. The monoisotopic (exact) mass is 382 g/mol. The van der Waals surface area contributed by atoms with Crippen molar-refractivity contribution in [1.29, 1.82) is 0 Å². The first-order chi connectivity index (χ1) is 13.7. The van der Waals surface area contributed by atoms with Gasteiger partial charge in [-0.1, -0.05) is 17.9 Å². The standard InChI is InChI=1S/C21H22N2O5/c1-25-8-2-3-15-4-5-18-16(11-15)6-7-23-19(18)12-20(22-21(23)24)28-14-17-13-26-9-10-27-17/h4-5,11-12,17H,6-10,13-14H2,1H3. The fraction of sp³-hybridized carbons (Fsp3) is 0.429. The summed E-state index contributed by atoms with van der Waals surface area (Å²) in [6.07, 6.45) is 0.617. The molecule has 0 amide bonds. The zero-order valence-corrected chi connectivity index (χ0v) is 15.8. The maximum Gasteiger partial charge on any atom is 0.351 e. The maximum atomic E-state index is 12.5. The van der Waals surface area contributed by atoms with Gasteiger partial charge >= 0.3 is 5.69 Å². The highest BCUT2D eigenvalue weighted by atomic mass is 16.6. The summed E-state index contributed by atoms with van der Waals surface area (Å²) in [5.41, 5.74) is 3.61. The molecule has 4 rings (SSSR count). The number of aryl methyl sites for hydroxylation is 1. The molecule has 1 atom stereocenters. The molecule has 0 radical (unpaired) electrons. The number of hydrogen-bond donors (Lipinski definition) is 0. The molecule has 28 heavy (non-hydrogen) atoms. The van der Waals surface area contributed by atoms with Gasteiger partial charge in [-0.25, -0.2) is 4.79 Å². The van der Waals surface area contributed by atoms with E-state index in [2.05, 4.69) is 22.9 Å². The zero-order valence-electron chi connectivity index (χ0n) is 15.8. The van der Waals surface area contributed by atoms with Gasteiger partial charge in [0.25, 0.3) is 0 Å². The van der Waals surface area contributed by atoms with Crippen molar-refractivity contribution in [2.45, 2.75) is 19.1 Å². The van der Waals surface area contributed by atoms with E-state index >= 15 is 0 Å². The number of rotatable bonds is 4. The highest BCUT2D eigenvalue weighted by molar-refractivity contribution is 5.67. The lowest BCUT2D eigenvalue weighted by Gasteiger charge is -2.24. The van der Waals surface area contributed by atoms with Crippen molar-refractivity contribution >= 4 is 0 Å². The van der Waals surface area contributed by atoms with Gasteiger partial charge in [-0.3, -0.25) is 4.57 Å². The van der Waals surface area contributed by atoms with Crippen LogP contribution in [0.25, 0.3) is 11.3 Å². The second-order valence-electron chi connectivity index (χ2n) is 6.65. The summed E-state index contributed by atoms with van der Waals surface area (Å²) in [6, 6.07) is 7.84. The summed E-state index contributed by atoms with van der Waals surface area (Å²) in [7, 11) is 1.62. The average molecular weight is 382 g/mol. The third kappa shape index (κ3) is 4.09. The van der Waals surface area contributed by atoms with E-state index < -0.39 is 0 Å². The zero-order chi connectivity index (χ0) is 19.3. The smallest absolute Gasteiger partial charge is 0.351 e. The molecule has 7 heteroatoms. The summed E-state index contributed by atoms with van der Waals surface area (Å²) in [6.45, 7) is 2.93. The van der Waals surface area contributed by atoms with Crippen molar-refractivity contribution in [2.24, 2.45) is 0 Å². The quantitative estimate of drug-likeness (QED) is 0.742. The van der Waals surface area contributed by atoms with Crippen LogP contribution >= 0.6 is 0 Å². The Morgan fingerprint density at radius 1 is 1.32 bits per heavy atom. The molecule has 1 unspecified atom stereocenters. The van der Waals surface area contributed by atoms with Gasteiger partial charge in [-0.05, 0) is 24.1 Å². The lowest BCUT2D eigenvalue weighted by molar-refractivity contribution is -0.102. The number of ether oxygens (including phenoxy) is 4. The van der Waals surface area contributed by atoms with E-state index in [1.807, 2.05) is 18.2 Å². The predicted octanol–water partition coefficient (Wildman–Crippen LogP) is 1.26. The lowest BCUT2D eigenvalue weighted by atomic mass is 9.95. The molecule has 2 aliphatic heterocycles. The first-order valence-electron chi connectivity index (χ1n) is 9.30. The Kier molecular flexibility index (Phi) is 5.72. The number of fused-ring (bicyclic) bond motifs is 3. The summed E-state index contributed by atoms with van der Waals surface area (Å²) >= 11 is 0. The van der Waals surface area contributed by atoms with E-state index in [0.29, 0.717) is 45.5 Å². The topological polar surface area (TPSA) is 71.8 Å². The summed E-state index contributed by atoms with van der Waals surface area (Å²) < 4.78 is 23.3. The second kappa shape index (κ2) is 8.57. The molecule has 146 valence electrons. The van der Waals surface area contributed by atoms with E-state index in [1.165, 1.54) is 0 Å². The highest BCUT2D eigenvalue weighted by Crippen LogP contribution is 2.30. The van der Waals surface area contributed by atoms with Gasteiger partial charge in [0.05, 0.1) is 25.5 Å². The van der Waals surface area contributed by atoms with Crippen LogP contribution in [0.5, 0.6) is 5.88 Å². The number of benzene rings is 1. The number of nitrogens with zero attached hydrogens (tertiary/aromatic N) is 2. The molecule has 1 aromatic carbocycles. The summed E-state index contributed by atoms with van der Waals surface area (Å²) in [5, 5.41) is 0. The molecule has 2 aliphatic rings. The first kappa shape index (κ1) is 18.7. The van der Waals surface area contributed by atoms with Gasteiger partial charge in [-0.2, -0.15) is 4.98 Å². The van der Waals surface area contributed by atoms with Crippen molar-refractivity contribution in [3.63, 3.8) is 0 Å². The molecule has 0 aliphatic carbocycles. The van der Waals surface area contributed by atoms with Crippen LogP contribution in [0.15, 0.2) is 29.1 Å². The van der Waals surface area contributed by atoms with Crippen LogP contribution in [0.3, 0.4) is 0 Å². The minimum Gasteiger partial charge on any atom is -0.475 e. The van der Waals surface area contributed by atoms with Crippen LogP contribution in [0.2, 0.25) is 0 Å². The molecule has 3 heterocycles. The Balaban J connectivity index is 1.58. The number of hydrogen-bond acceptors (Lipinski definition) is 6. The van der Waals surface area contributed by atoms with E-state index in [0.717, 1.165) is 28.8 Å². The van der Waals surface area contributed by atoms with Crippen LogP contribution in [-0.2, 0) is 27.2 Å². The van der Waals surface area contributed by atoms with E-state index in [-0.39, 0.29) is 11.8 Å². The Hall–Kier alpha value is -2.66. The van der Waals surface area contributed by atoms with E-state index in [9.17, 15) is 4.79 Å². The Labute approximate surface area is 163 Å². The van der Waals surface area contributed by atoms with E-state index in [1.54, 1.807) is 11.7 Å². The SMILES string of the molecule is COCC#Cc1ccc2c(c1)CCn1c-2cc(OCC2COCCO2)nc1=O. The minimum absolute atomic E-state index is 0.144. The van der Waals surface area contributed by atoms with E-state index in [4.69, 9.17) is 18.9 Å². The Bertz CT molecular complexity index is 967. The van der Waals surface area contributed by atoms with Gasteiger partial charge in [0, 0.05) is 30.8 Å². The van der Waals surface area contributed by atoms with Crippen molar-refractivity contribution in [3.05, 3.63) is 45.9 Å². The van der Waals surface area contributed by atoms with Gasteiger partial charge in [0.15, 0.2) is 0 Å². The molecule has 0 spiro atoms. The lowest BCUT2D eigenvalue weighted by Crippen LogP contribution is -2.34. The second-order valence-corrected chi connectivity index (χ2v) is 6.65. The molecule has 1 fully saturated rings. The van der Waals surface area contributed by atoms with Crippen LogP contribution < -0.4 is 10.4 Å². The van der Waals surface area contributed by atoms with Gasteiger partial charge in [0.1, 0.15) is 19.3 Å². The average Bonchev–Trinajstić information content (AvgIpc) is 2.73. The molecule has 2 aromatic rings. The van der Waals surface area contributed by atoms with Crippen molar-refractivity contribution in [1.82, 2.24) is 9.55 Å². The molecule has 7 nitrogen and oxygen atoms in total. The van der Waals surface area contributed by atoms with Gasteiger partial charge in [0.2, 0.25) is 5.88 Å². The van der Waals surface area contributed by atoms with Gasteiger partial charge < -0.3 is 18.9 Å². The van der Waals surface area contributed by atoms with Crippen LogP contribution in [0.1, 0.15) is 11.1 Å². The molecule has 1 aromatic heterocycles. The van der Waals surface area contributed by atoms with Crippen molar-refractivity contribution in [2.75, 3.05) is 40.1 Å². The fourth-order valence-electron chi connectivity index (χ4n) is 3.38. The molecule has 1 saturated heterocycles. The highest BCUT2D eigenvalue weighted by Gasteiger charge is 2.20. The Morgan fingerprint density at radius 3 is 3.07 bits per heavy atom. The normalized spacial score (nSPS) is 17.8. The summed E-state index contributed by atoms with van der Waals surface area (Å²) in [5.74, 6) is 6.36. The predicted molar refractivity (Wildman–Crippen MR) is 102 cm³/mol. The Morgan fingerprint density at radius 2 is 2.25 bits per heavy atom. The number of aromatic nitrogens is 2.